The van der Waals surface area contributed by atoms with Gasteiger partial charge in [0.25, 0.3) is 0 Å². The first-order valence-electron chi connectivity index (χ1n) is 7.19. The highest BCUT2D eigenvalue weighted by molar-refractivity contribution is 7.91. The lowest BCUT2D eigenvalue weighted by Crippen LogP contribution is -2.20. The van der Waals surface area contributed by atoms with Crippen LogP contribution in [-0.2, 0) is 9.84 Å². The molecule has 1 atom stereocenters. The highest BCUT2D eigenvalue weighted by atomic mass is 32.2. The van der Waals surface area contributed by atoms with Gasteiger partial charge in [0.15, 0.2) is 9.84 Å². The van der Waals surface area contributed by atoms with E-state index >= 15 is 0 Å². The molecule has 1 aromatic carbocycles. The molecular weight excluding hydrogens is 274 g/mol. The summed E-state index contributed by atoms with van der Waals surface area (Å²) in [5, 5.41) is 3.42. The molecule has 114 valence electrons. The van der Waals surface area contributed by atoms with E-state index in [0.29, 0.717) is 11.8 Å². The average Bonchev–Trinajstić information content (AvgIpc) is 2.45. The maximum Gasteiger partial charge on any atom is 0.153 e. The van der Waals surface area contributed by atoms with E-state index in [2.05, 4.69) is 19.2 Å². The van der Waals surface area contributed by atoms with Gasteiger partial charge in [0.1, 0.15) is 12.4 Å². The molecule has 1 N–H and O–H groups in total. The highest BCUT2D eigenvalue weighted by Crippen LogP contribution is 2.20. The Hall–Kier alpha value is -1.07. The van der Waals surface area contributed by atoms with Crippen LogP contribution in [0.3, 0.4) is 0 Å². The maximum atomic E-state index is 11.4. The van der Waals surface area contributed by atoms with E-state index in [1.54, 1.807) is 6.92 Å². The minimum Gasteiger partial charge on any atom is -0.493 e. The Morgan fingerprint density at radius 2 is 1.80 bits per heavy atom. The summed E-state index contributed by atoms with van der Waals surface area (Å²) in [6.45, 7) is 7.03. The van der Waals surface area contributed by atoms with Crippen LogP contribution in [0.2, 0.25) is 0 Å². The SMILES string of the molecule is CCNC(CC)c1ccc(OCCS(=O)(=O)CC)cc1. The van der Waals surface area contributed by atoms with Crippen molar-refractivity contribution in [2.24, 2.45) is 0 Å². The van der Waals surface area contributed by atoms with Crippen molar-refractivity contribution in [2.45, 2.75) is 33.2 Å². The molecule has 0 aliphatic carbocycles. The van der Waals surface area contributed by atoms with Crippen LogP contribution >= 0.6 is 0 Å². The quantitative estimate of drug-likeness (QED) is 0.761. The summed E-state index contributed by atoms with van der Waals surface area (Å²) in [4.78, 5) is 0. The molecule has 0 spiro atoms. The average molecular weight is 299 g/mol. The van der Waals surface area contributed by atoms with Crippen LogP contribution in [0, 0.1) is 0 Å². The van der Waals surface area contributed by atoms with Gasteiger partial charge in [-0.2, -0.15) is 0 Å². The Labute approximate surface area is 122 Å². The molecule has 1 unspecified atom stereocenters. The van der Waals surface area contributed by atoms with E-state index in [0.717, 1.165) is 13.0 Å². The fourth-order valence-electron chi connectivity index (χ4n) is 1.97. The van der Waals surface area contributed by atoms with Gasteiger partial charge in [0, 0.05) is 11.8 Å². The van der Waals surface area contributed by atoms with Gasteiger partial charge in [-0.1, -0.05) is 32.9 Å². The van der Waals surface area contributed by atoms with Crippen molar-refractivity contribution in [1.82, 2.24) is 5.32 Å². The highest BCUT2D eigenvalue weighted by Gasteiger charge is 2.09. The third kappa shape index (κ3) is 5.51. The van der Waals surface area contributed by atoms with Gasteiger partial charge in [-0.05, 0) is 30.7 Å². The molecule has 0 aliphatic rings. The van der Waals surface area contributed by atoms with Crippen LogP contribution in [0.1, 0.15) is 38.8 Å². The molecule has 20 heavy (non-hydrogen) atoms. The fourth-order valence-corrected chi connectivity index (χ4v) is 2.60. The molecule has 0 amide bonds. The lowest BCUT2D eigenvalue weighted by atomic mass is 10.0. The van der Waals surface area contributed by atoms with E-state index in [4.69, 9.17) is 4.74 Å². The van der Waals surface area contributed by atoms with Crippen LogP contribution in [0.25, 0.3) is 0 Å². The Morgan fingerprint density at radius 1 is 1.15 bits per heavy atom. The monoisotopic (exact) mass is 299 g/mol. The number of rotatable bonds is 9. The summed E-state index contributed by atoms with van der Waals surface area (Å²) in [6.07, 6.45) is 1.03. The first kappa shape index (κ1) is 17.0. The molecule has 0 bridgehead atoms. The molecule has 1 aromatic rings. The van der Waals surface area contributed by atoms with E-state index in [-0.39, 0.29) is 18.1 Å². The third-order valence-corrected chi connectivity index (χ3v) is 4.91. The summed E-state index contributed by atoms with van der Waals surface area (Å²) in [5.74, 6) is 0.947. The van der Waals surface area contributed by atoms with Gasteiger partial charge in [-0.3, -0.25) is 0 Å². The van der Waals surface area contributed by atoms with Crippen LogP contribution in [0.5, 0.6) is 5.75 Å². The Morgan fingerprint density at radius 3 is 2.30 bits per heavy atom. The second kappa shape index (κ2) is 8.27. The first-order chi connectivity index (χ1) is 9.52. The molecule has 0 aliphatic heterocycles. The van der Waals surface area contributed by atoms with Crippen molar-refractivity contribution in [3.05, 3.63) is 29.8 Å². The lowest BCUT2D eigenvalue weighted by molar-refractivity contribution is 0.340. The summed E-state index contributed by atoms with van der Waals surface area (Å²) in [6, 6.07) is 8.21. The summed E-state index contributed by atoms with van der Waals surface area (Å²) < 4.78 is 28.2. The minimum absolute atomic E-state index is 0.0697. The van der Waals surface area contributed by atoms with Crippen LogP contribution in [0.15, 0.2) is 24.3 Å². The largest absolute Gasteiger partial charge is 0.493 e. The van der Waals surface area contributed by atoms with E-state index < -0.39 is 9.84 Å². The van der Waals surface area contributed by atoms with E-state index in [1.165, 1.54) is 5.56 Å². The molecule has 5 heteroatoms. The van der Waals surface area contributed by atoms with Crippen molar-refractivity contribution in [3.8, 4) is 5.75 Å². The van der Waals surface area contributed by atoms with Crippen molar-refractivity contribution < 1.29 is 13.2 Å². The number of hydrogen-bond acceptors (Lipinski definition) is 4. The number of hydrogen-bond donors (Lipinski definition) is 1. The van der Waals surface area contributed by atoms with Gasteiger partial charge >= 0.3 is 0 Å². The van der Waals surface area contributed by atoms with E-state index in [1.807, 2.05) is 24.3 Å². The molecular formula is C15H25NO3S. The minimum atomic E-state index is -2.96. The van der Waals surface area contributed by atoms with Gasteiger partial charge < -0.3 is 10.1 Å². The lowest BCUT2D eigenvalue weighted by Gasteiger charge is -2.16. The molecule has 0 fully saturated rings. The molecule has 0 aromatic heterocycles. The van der Waals surface area contributed by atoms with Gasteiger partial charge in [0.05, 0.1) is 5.75 Å². The molecule has 0 radical (unpaired) electrons. The van der Waals surface area contributed by atoms with Crippen molar-refractivity contribution in [3.63, 3.8) is 0 Å². The van der Waals surface area contributed by atoms with Gasteiger partial charge in [-0.15, -0.1) is 0 Å². The molecule has 0 saturated heterocycles. The molecule has 0 saturated carbocycles. The number of sulfone groups is 1. The zero-order valence-corrected chi connectivity index (χ0v) is 13.4. The van der Waals surface area contributed by atoms with Crippen LogP contribution in [0.4, 0.5) is 0 Å². The molecule has 4 nitrogen and oxygen atoms in total. The summed E-state index contributed by atoms with van der Waals surface area (Å²) in [5.41, 5.74) is 1.22. The smallest absolute Gasteiger partial charge is 0.153 e. The zero-order valence-electron chi connectivity index (χ0n) is 12.6. The predicted molar refractivity (Wildman–Crippen MR) is 83.0 cm³/mol. The second-order valence-corrected chi connectivity index (χ2v) is 7.15. The maximum absolute atomic E-state index is 11.4. The summed E-state index contributed by atoms with van der Waals surface area (Å²) in [7, 11) is -2.96. The van der Waals surface area contributed by atoms with Crippen molar-refractivity contribution in [2.75, 3.05) is 24.7 Å². The predicted octanol–water partition coefficient (Wildman–Crippen LogP) is 2.56. The number of ether oxygens (including phenoxy) is 1. The van der Waals surface area contributed by atoms with Gasteiger partial charge in [0.2, 0.25) is 0 Å². The second-order valence-electron chi connectivity index (χ2n) is 4.67. The van der Waals surface area contributed by atoms with Crippen molar-refractivity contribution >= 4 is 9.84 Å². The zero-order chi connectivity index (χ0) is 15.0. The Balaban J connectivity index is 2.54. The van der Waals surface area contributed by atoms with Gasteiger partial charge in [-0.25, -0.2) is 8.42 Å². The molecule has 1 rings (SSSR count). The molecule has 0 heterocycles. The summed E-state index contributed by atoms with van der Waals surface area (Å²) >= 11 is 0. The first-order valence-corrected chi connectivity index (χ1v) is 9.01. The standard InChI is InChI=1S/C15H25NO3S/c1-4-15(16-5-2)13-7-9-14(10-8-13)19-11-12-20(17,18)6-3/h7-10,15-16H,4-6,11-12H2,1-3H3. The Bertz CT molecular complexity index is 482. The normalized spacial score (nSPS) is 13.2. The van der Waals surface area contributed by atoms with Crippen LogP contribution < -0.4 is 10.1 Å². The Kier molecular flexibility index (Phi) is 7.02. The third-order valence-electron chi connectivity index (χ3n) is 3.24. The topological polar surface area (TPSA) is 55.4 Å². The fraction of sp³-hybridized carbons (Fsp3) is 0.600. The number of nitrogens with one attached hydrogen (secondary N) is 1. The number of benzene rings is 1. The van der Waals surface area contributed by atoms with E-state index in [9.17, 15) is 8.42 Å². The van der Waals surface area contributed by atoms with Crippen molar-refractivity contribution in [1.29, 1.82) is 0 Å². The van der Waals surface area contributed by atoms with Crippen LogP contribution in [-0.4, -0.2) is 33.1 Å².